The summed E-state index contributed by atoms with van der Waals surface area (Å²) in [6.07, 6.45) is -5.30. The van der Waals surface area contributed by atoms with Crippen LogP contribution in [0.3, 0.4) is 0 Å². The largest absolute Gasteiger partial charge is 0.461 e. The molecule has 0 radical (unpaired) electrons. The standard InChI is InChI=1S/C53H48O12/c1-4-36-25-27-37(28-26-36)31-43-30-29-38(33-59-35(2)54)32-44(43)61-52-46(63-50(57)41-21-13-7-14-22-41)45(62-49(56)40-19-11-6-12-20-40)47(64-51(58)42-23-15-8-16-24-42)53(3,65-52)34-60-48(55)39-17-9-5-10-18-39/h5-30,32,45-47,52H,4,31,33-34H2,1-3H3/t45-,46-,47+,52+,53-/m1/s1. The summed E-state index contributed by atoms with van der Waals surface area (Å²) in [6.45, 7) is 4.25. The van der Waals surface area contributed by atoms with Crippen LogP contribution in [0.4, 0.5) is 0 Å². The summed E-state index contributed by atoms with van der Waals surface area (Å²) in [5.74, 6) is -3.47. The van der Waals surface area contributed by atoms with Crippen molar-refractivity contribution in [2.45, 2.75) is 70.4 Å². The van der Waals surface area contributed by atoms with E-state index in [-0.39, 0.29) is 34.6 Å². The lowest BCUT2D eigenvalue weighted by molar-refractivity contribution is -0.310. The summed E-state index contributed by atoms with van der Waals surface area (Å²) >= 11 is 0. The summed E-state index contributed by atoms with van der Waals surface area (Å²) in [5.41, 5.74) is 2.18. The SMILES string of the molecule is CCc1ccc(Cc2ccc(COC(C)=O)cc2O[C@H]2O[C@](C)(COC(=O)c3ccccc3)[C@@H](OC(=O)c3ccccc3)[C@H](OC(=O)c3ccccc3)[C@H]2OC(=O)c2ccccc2)cc1. The molecule has 12 nitrogen and oxygen atoms in total. The van der Waals surface area contributed by atoms with Gasteiger partial charge in [-0.3, -0.25) is 4.79 Å². The van der Waals surface area contributed by atoms with Gasteiger partial charge < -0.3 is 33.2 Å². The number of carbonyl (C=O) groups excluding carboxylic acids is 5. The third-order valence-electron chi connectivity index (χ3n) is 10.8. The fourth-order valence-corrected chi connectivity index (χ4v) is 7.25. The molecule has 6 aromatic rings. The van der Waals surface area contributed by atoms with E-state index in [1.165, 1.54) is 13.8 Å². The fourth-order valence-electron chi connectivity index (χ4n) is 7.25. The van der Waals surface area contributed by atoms with Gasteiger partial charge in [-0.2, -0.15) is 0 Å². The second-order valence-electron chi connectivity index (χ2n) is 15.6. The molecule has 0 bridgehead atoms. The van der Waals surface area contributed by atoms with E-state index in [4.69, 9.17) is 33.2 Å². The lowest BCUT2D eigenvalue weighted by atomic mass is 9.87. The Morgan fingerprint density at radius 3 is 1.51 bits per heavy atom. The van der Waals surface area contributed by atoms with Gasteiger partial charge in [-0.05, 0) is 90.2 Å². The van der Waals surface area contributed by atoms with Crippen molar-refractivity contribution in [1.82, 2.24) is 0 Å². The summed E-state index contributed by atoms with van der Waals surface area (Å²) in [4.78, 5) is 67.9. The summed E-state index contributed by atoms with van der Waals surface area (Å²) in [6, 6.07) is 46.1. The zero-order valence-corrected chi connectivity index (χ0v) is 36.1. The quantitative estimate of drug-likeness (QED) is 0.0675. The average molecular weight is 877 g/mol. The van der Waals surface area contributed by atoms with E-state index < -0.39 is 66.7 Å². The highest BCUT2D eigenvalue weighted by molar-refractivity contribution is 5.91. The fraction of sp³-hybridized carbons (Fsp3) is 0.226. The Morgan fingerprint density at radius 1 is 0.538 bits per heavy atom. The molecule has 0 amide bonds. The summed E-state index contributed by atoms with van der Waals surface area (Å²) < 4.78 is 43.8. The zero-order valence-electron chi connectivity index (χ0n) is 36.1. The van der Waals surface area contributed by atoms with Gasteiger partial charge in [0.25, 0.3) is 0 Å². The molecule has 6 aromatic carbocycles. The second-order valence-corrected chi connectivity index (χ2v) is 15.6. The highest BCUT2D eigenvalue weighted by atomic mass is 16.7. The zero-order chi connectivity index (χ0) is 45.8. The Balaban J connectivity index is 1.37. The van der Waals surface area contributed by atoms with Crippen LogP contribution in [-0.4, -0.2) is 66.7 Å². The Bertz CT molecular complexity index is 2570. The van der Waals surface area contributed by atoms with Crippen LogP contribution in [-0.2, 0) is 52.7 Å². The van der Waals surface area contributed by atoms with Gasteiger partial charge in [0, 0.05) is 13.3 Å². The van der Waals surface area contributed by atoms with Crippen molar-refractivity contribution in [2.24, 2.45) is 0 Å². The maximum absolute atomic E-state index is 14.2. The van der Waals surface area contributed by atoms with Gasteiger partial charge in [-0.1, -0.05) is 116 Å². The first kappa shape index (κ1) is 45.5. The molecule has 332 valence electrons. The first-order chi connectivity index (χ1) is 31.5. The highest BCUT2D eigenvalue weighted by Gasteiger charge is 2.60. The minimum atomic E-state index is -1.86. The molecule has 1 saturated heterocycles. The van der Waals surface area contributed by atoms with Crippen molar-refractivity contribution in [3.8, 4) is 5.75 Å². The predicted octanol–water partition coefficient (Wildman–Crippen LogP) is 8.93. The van der Waals surface area contributed by atoms with Crippen molar-refractivity contribution in [2.75, 3.05) is 6.61 Å². The number of aryl methyl sites for hydroxylation is 1. The number of carbonyl (C=O) groups is 5. The van der Waals surface area contributed by atoms with Crippen LogP contribution in [0.2, 0.25) is 0 Å². The van der Waals surface area contributed by atoms with E-state index in [9.17, 15) is 24.0 Å². The molecule has 1 fully saturated rings. The first-order valence-electron chi connectivity index (χ1n) is 21.2. The third kappa shape index (κ3) is 11.7. The Kier molecular flexibility index (Phi) is 14.8. The normalized spacial score (nSPS) is 18.9. The van der Waals surface area contributed by atoms with E-state index in [1.807, 2.05) is 30.3 Å². The van der Waals surface area contributed by atoms with Crippen LogP contribution in [0, 0.1) is 0 Å². The molecule has 65 heavy (non-hydrogen) atoms. The van der Waals surface area contributed by atoms with Crippen molar-refractivity contribution in [3.05, 3.63) is 208 Å². The van der Waals surface area contributed by atoms with Crippen LogP contribution in [0.25, 0.3) is 0 Å². The number of rotatable bonds is 16. The minimum Gasteiger partial charge on any atom is -0.461 e. The molecule has 0 aliphatic carbocycles. The van der Waals surface area contributed by atoms with Crippen molar-refractivity contribution in [3.63, 3.8) is 0 Å². The topological polar surface area (TPSA) is 150 Å². The summed E-state index contributed by atoms with van der Waals surface area (Å²) in [5, 5.41) is 0. The molecule has 1 aliphatic rings. The minimum absolute atomic E-state index is 0.0862. The number of benzene rings is 6. The molecular weight excluding hydrogens is 829 g/mol. The lowest BCUT2D eigenvalue weighted by Gasteiger charge is -2.49. The maximum atomic E-state index is 14.2. The smallest absolute Gasteiger partial charge is 0.338 e. The average Bonchev–Trinajstić information content (AvgIpc) is 3.34. The Labute approximate surface area is 377 Å². The predicted molar refractivity (Wildman–Crippen MR) is 238 cm³/mol. The van der Waals surface area contributed by atoms with Crippen LogP contribution in [0.1, 0.15) is 84.5 Å². The van der Waals surface area contributed by atoms with Gasteiger partial charge in [0.2, 0.25) is 12.4 Å². The van der Waals surface area contributed by atoms with E-state index in [2.05, 4.69) is 6.92 Å². The van der Waals surface area contributed by atoms with Gasteiger partial charge >= 0.3 is 29.8 Å². The number of esters is 5. The van der Waals surface area contributed by atoms with E-state index in [1.54, 1.807) is 133 Å². The number of hydrogen-bond donors (Lipinski definition) is 0. The first-order valence-corrected chi connectivity index (χ1v) is 21.2. The number of hydrogen-bond acceptors (Lipinski definition) is 12. The molecule has 0 N–H and O–H groups in total. The molecule has 1 aliphatic heterocycles. The van der Waals surface area contributed by atoms with Crippen LogP contribution in [0.15, 0.2) is 164 Å². The molecule has 0 spiro atoms. The van der Waals surface area contributed by atoms with Crippen molar-refractivity contribution >= 4 is 29.8 Å². The van der Waals surface area contributed by atoms with E-state index in [0.717, 1.165) is 17.5 Å². The maximum Gasteiger partial charge on any atom is 0.338 e. The van der Waals surface area contributed by atoms with Crippen LogP contribution >= 0.6 is 0 Å². The molecule has 7 rings (SSSR count). The van der Waals surface area contributed by atoms with Crippen molar-refractivity contribution in [1.29, 1.82) is 0 Å². The van der Waals surface area contributed by atoms with Gasteiger partial charge in [0.1, 0.15) is 24.6 Å². The number of ether oxygens (including phenoxy) is 7. The van der Waals surface area contributed by atoms with Gasteiger partial charge in [-0.25, -0.2) is 19.2 Å². The van der Waals surface area contributed by atoms with Gasteiger partial charge in [-0.15, -0.1) is 0 Å². The molecule has 5 atom stereocenters. The van der Waals surface area contributed by atoms with Crippen LogP contribution < -0.4 is 4.74 Å². The molecule has 0 unspecified atom stereocenters. The summed E-state index contributed by atoms with van der Waals surface area (Å²) in [7, 11) is 0. The molecule has 12 heteroatoms. The van der Waals surface area contributed by atoms with Gasteiger partial charge in [0.15, 0.2) is 12.2 Å². The van der Waals surface area contributed by atoms with Crippen molar-refractivity contribution < 1.29 is 57.1 Å². The molecule has 0 saturated carbocycles. The lowest BCUT2D eigenvalue weighted by Crippen LogP contribution is -2.69. The third-order valence-corrected chi connectivity index (χ3v) is 10.8. The van der Waals surface area contributed by atoms with E-state index >= 15 is 0 Å². The Hall–Kier alpha value is -7.57. The van der Waals surface area contributed by atoms with Gasteiger partial charge in [0.05, 0.1) is 22.3 Å². The van der Waals surface area contributed by atoms with Crippen LogP contribution in [0.5, 0.6) is 5.75 Å². The Morgan fingerprint density at radius 2 is 1.00 bits per heavy atom. The van der Waals surface area contributed by atoms with E-state index in [0.29, 0.717) is 17.5 Å². The molecular formula is C53H48O12. The monoisotopic (exact) mass is 876 g/mol. The molecule has 0 aromatic heterocycles. The second kappa shape index (κ2) is 21.2. The molecule has 1 heterocycles. The highest BCUT2D eigenvalue weighted by Crippen LogP contribution is 2.39.